The molecule has 0 saturated heterocycles. The molecule has 0 spiro atoms. The van der Waals surface area contributed by atoms with Gasteiger partial charge in [-0.25, -0.2) is 19.7 Å². The molecular weight excluding hydrogens is 237 g/mol. The molecule has 0 aliphatic rings. The Hall–Kier alpha value is -1.22. The predicted octanol–water partition coefficient (Wildman–Crippen LogP) is -1.90. The van der Waals surface area contributed by atoms with E-state index in [-0.39, 0.29) is 41.0 Å². The number of rotatable bonds is 2. The Bertz CT molecular complexity index is 541. The number of carbonyl (C=O) groups is 1. The van der Waals surface area contributed by atoms with Crippen LogP contribution < -0.4 is 10.6 Å². The van der Waals surface area contributed by atoms with Crippen molar-refractivity contribution in [3.05, 3.63) is 12.7 Å². The van der Waals surface area contributed by atoms with Crippen molar-refractivity contribution in [2.45, 2.75) is 13.0 Å². The first-order valence-corrected chi connectivity index (χ1v) is 4.43. The molecule has 0 aliphatic carbocycles. The molecular formula is C8H10N5NaO3. The van der Waals surface area contributed by atoms with E-state index in [1.54, 1.807) is 0 Å². The summed E-state index contributed by atoms with van der Waals surface area (Å²) in [6.45, 7) is 1.30. The molecule has 2 rings (SSSR count). The topological polar surface area (TPSA) is 116 Å². The zero-order valence-electron chi connectivity index (χ0n) is 8.36. The predicted molar refractivity (Wildman–Crippen MR) is 60.2 cm³/mol. The van der Waals surface area contributed by atoms with E-state index in [0.717, 1.165) is 4.73 Å². The fourth-order valence-corrected chi connectivity index (χ4v) is 1.07. The number of carbonyl (C=O) groups excluding carboxylic acids is 1. The fraction of sp³-hybridized carbons (Fsp3) is 0.250. The van der Waals surface area contributed by atoms with Crippen LogP contribution in [-0.4, -0.2) is 66.4 Å². The molecule has 0 bridgehead atoms. The molecule has 17 heavy (non-hydrogen) atoms. The first kappa shape index (κ1) is 13.8. The SMILES string of the molecule is CC(O)C(=O)On1cnc2c(N)ncnc21.[NaH]. The van der Waals surface area contributed by atoms with Crippen molar-refractivity contribution in [2.75, 3.05) is 5.73 Å². The minimum atomic E-state index is -1.23. The zero-order valence-corrected chi connectivity index (χ0v) is 8.36. The van der Waals surface area contributed by atoms with E-state index in [2.05, 4.69) is 15.0 Å². The monoisotopic (exact) mass is 247 g/mol. The van der Waals surface area contributed by atoms with Gasteiger partial charge in [0.05, 0.1) is 0 Å². The average Bonchev–Trinajstić information content (AvgIpc) is 2.63. The summed E-state index contributed by atoms with van der Waals surface area (Å²) in [4.78, 5) is 27.4. The summed E-state index contributed by atoms with van der Waals surface area (Å²) in [7, 11) is 0. The average molecular weight is 247 g/mol. The molecule has 1 unspecified atom stereocenters. The Kier molecular flexibility index (Phi) is 4.40. The Balaban J connectivity index is 0.00000144. The fourth-order valence-electron chi connectivity index (χ4n) is 1.07. The number of hydrogen-bond donors (Lipinski definition) is 2. The van der Waals surface area contributed by atoms with E-state index in [1.807, 2.05) is 0 Å². The van der Waals surface area contributed by atoms with E-state index in [4.69, 9.17) is 15.7 Å². The number of nitrogens with zero attached hydrogens (tertiary/aromatic N) is 4. The number of imidazole rings is 1. The molecule has 0 aromatic carbocycles. The van der Waals surface area contributed by atoms with Gasteiger partial charge in [0.25, 0.3) is 0 Å². The number of fused-ring (bicyclic) bond motifs is 1. The van der Waals surface area contributed by atoms with Gasteiger partial charge < -0.3 is 15.7 Å². The van der Waals surface area contributed by atoms with E-state index in [1.165, 1.54) is 19.6 Å². The first-order valence-electron chi connectivity index (χ1n) is 4.43. The summed E-state index contributed by atoms with van der Waals surface area (Å²) in [6, 6.07) is 0. The maximum atomic E-state index is 11.1. The van der Waals surface area contributed by atoms with Gasteiger partial charge in [0.2, 0.25) is 5.65 Å². The Labute approximate surface area is 118 Å². The van der Waals surface area contributed by atoms with Crippen LogP contribution in [0.1, 0.15) is 6.92 Å². The third kappa shape index (κ3) is 2.72. The van der Waals surface area contributed by atoms with Crippen LogP contribution in [0, 0.1) is 0 Å². The Morgan fingerprint density at radius 3 is 2.88 bits per heavy atom. The van der Waals surface area contributed by atoms with Gasteiger partial charge in [0.1, 0.15) is 12.7 Å². The van der Waals surface area contributed by atoms with Gasteiger partial charge in [0, 0.05) is 0 Å². The molecule has 1 atom stereocenters. The second kappa shape index (κ2) is 5.41. The summed E-state index contributed by atoms with van der Waals surface area (Å²) in [6.07, 6.45) is 1.24. The molecule has 2 aromatic rings. The Morgan fingerprint density at radius 1 is 1.53 bits per heavy atom. The molecule has 3 N–H and O–H groups in total. The maximum absolute atomic E-state index is 11.1. The van der Waals surface area contributed by atoms with Crippen LogP contribution in [0.3, 0.4) is 0 Å². The van der Waals surface area contributed by atoms with Crippen molar-refractivity contribution in [1.29, 1.82) is 0 Å². The summed E-state index contributed by atoms with van der Waals surface area (Å²) < 4.78 is 1.03. The third-order valence-corrected chi connectivity index (χ3v) is 1.86. The second-order valence-corrected chi connectivity index (χ2v) is 3.09. The van der Waals surface area contributed by atoms with E-state index >= 15 is 0 Å². The summed E-state index contributed by atoms with van der Waals surface area (Å²) in [5, 5.41) is 8.98. The van der Waals surface area contributed by atoms with Crippen LogP contribution in [0.2, 0.25) is 0 Å². The van der Waals surface area contributed by atoms with Crippen LogP contribution in [-0.2, 0) is 4.79 Å². The summed E-state index contributed by atoms with van der Waals surface area (Å²) in [5.74, 6) is -0.617. The van der Waals surface area contributed by atoms with Crippen molar-refractivity contribution >= 4 is 52.5 Å². The Morgan fingerprint density at radius 2 is 2.24 bits per heavy atom. The number of aromatic nitrogens is 4. The molecule has 0 amide bonds. The number of aliphatic hydroxyl groups is 1. The quantitative estimate of drug-likeness (QED) is 0.595. The summed E-state index contributed by atoms with van der Waals surface area (Å²) >= 11 is 0. The minimum absolute atomic E-state index is 0. The molecule has 0 aliphatic heterocycles. The molecule has 2 aromatic heterocycles. The molecule has 2 heterocycles. The van der Waals surface area contributed by atoms with Gasteiger partial charge in [-0.05, 0) is 6.92 Å². The third-order valence-electron chi connectivity index (χ3n) is 1.86. The number of aliphatic hydroxyl groups excluding tert-OH is 1. The molecule has 0 saturated carbocycles. The van der Waals surface area contributed by atoms with Crippen molar-refractivity contribution in [2.24, 2.45) is 0 Å². The van der Waals surface area contributed by atoms with Gasteiger partial charge in [0.15, 0.2) is 17.4 Å². The number of nitrogens with two attached hydrogens (primary N) is 1. The van der Waals surface area contributed by atoms with Gasteiger partial charge in [-0.1, -0.05) is 0 Å². The number of anilines is 1. The van der Waals surface area contributed by atoms with Crippen LogP contribution >= 0.6 is 0 Å². The van der Waals surface area contributed by atoms with E-state index in [9.17, 15) is 4.79 Å². The van der Waals surface area contributed by atoms with Crippen molar-refractivity contribution < 1.29 is 14.7 Å². The van der Waals surface area contributed by atoms with Crippen LogP contribution in [0.15, 0.2) is 12.7 Å². The molecule has 8 nitrogen and oxygen atoms in total. The van der Waals surface area contributed by atoms with Gasteiger partial charge in [-0.3, -0.25) is 0 Å². The van der Waals surface area contributed by atoms with Gasteiger partial charge in [-0.15, -0.1) is 4.73 Å². The number of nitrogen functional groups attached to an aromatic ring is 1. The number of hydrogen-bond acceptors (Lipinski definition) is 7. The van der Waals surface area contributed by atoms with Gasteiger partial charge >= 0.3 is 35.5 Å². The van der Waals surface area contributed by atoms with Crippen LogP contribution in [0.5, 0.6) is 0 Å². The summed E-state index contributed by atoms with van der Waals surface area (Å²) in [5.41, 5.74) is 6.14. The van der Waals surface area contributed by atoms with Crippen LogP contribution in [0.25, 0.3) is 11.2 Å². The second-order valence-electron chi connectivity index (χ2n) is 3.09. The first-order chi connectivity index (χ1) is 7.59. The van der Waals surface area contributed by atoms with E-state index in [0.29, 0.717) is 5.52 Å². The van der Waals surface area contributed by atoms with Crippen molar-refractivity contribution in [3.8, 4) is 0 Å². The van der Waals surface area contributed by atoms with Crippen molar-refractivity contribution in [3.63, 3.8) is 0 Å². The standard InChI is InChI=1S/C8H9N5O3.Na.H/c1-4(14)8(15)16-13-3-12-5-6(9)10-2-11-7(5)13;;/h2-4,14H,1H3,(H2,9,10,11);;. The van der Waals surface area contributed by atoms with Gasteiger partial charge in [-0.2, -0.15) is 0 Å². The molecule has 9 heteroatoms. The van der Waals surface area contributed by atoms with E-state index < -0.39 is 12.1 Å². The molecule has 86 valence electrons. The molecule has 0 radical (unpaired) electrons. The zero-order chi connectivity index (χ0) is 11.7. The molecule has 0 fully saturated rings. The van der Waals surface area contributed by atoms with Crippen molar-refractivity contribution in [1.82, 2.24) is 19.7 Å². The van der Waals surface area contributed by atoms with Crippen LogP contribution in [0.4, 0.5) is 5.82 Å². The normalized spacial score (nSPS) is 11.9.